The highest BCUT2D eigenvalue weighted by Crippen LogP contribution is 2.30. The second kappa shape index (κ2) is 6.64. The molecule has 0 saturated carbocycles. The molecule has 0 fully saturated rings. The van der Waals surface area contributed by atoms with E-state index < -0.39 is 11.6 Å². The van der Waals surface area contributed by atoms with E-state index in [1.54, 1.807) is 43.4 Å². The number of hydrogen-bond donors (Lipinski definition) is 0. The molecule has 0 amide bonds. The van der Waals surface area contributed by atoms with Crippen molar-refractivity contribution >= 4 is 11.0 Å². The number of ether oxygens (including phenoxy) is 2. The number of halogens is 2. The number of hydrogen-bond acceptors (Lipinski definition) is 5. The number of rotatable bonds is 4. The van der Waals surface area contributed by atoms with E-state index in [-0.39, 0.29) is 11.4 Å². The maximum Gasteiger partial charge on any atom is 0.162 e. The summed E-state index contributed by atoms with van der Waals surface area (Å²) in [5.41, 5.74) is 2.17. The van der Waals surface area contributed by atoms with Crippen molar-refractivity contribution in [2.24, 2.45) is 0 Å². The molecule has 0 N–H and O–H groups in total. The largest absolute Gasteiger partial charge is 0.493 e. The van der Waals surface area contributed by atoms with Crippen LogP contribution in [-0.2, 0) is 0 Å². The first-order valence-electron chi connectivity index (χ1n) is 7.98. The van der Waals surface area contributed by atoms with Gasteiger partial charge in [0.25, 0.3) is 0 Å². The Balaban J connectivity index is 1.79. The lowest BCUT2D eigenvalue weighted by Gasteiger charge is -2.10. The Morgan fingerprint density at radius 3 is 2.33 bits per heavy atom. The lowest BCUT2D eigenvalue weighted by atomic mass is 10.2. The number of fused-ring (bicyclic) bond motifs is 1. The minimum absolute atomic E-state index is 0.216. The van der Waals surface area contributed by atoms with Crippen LogP contribution in [0.4, 0.5) is 8.78 Å². The highest BCUT2D eigenvalue weighted by Gasteiger charge is 2.13. The van der Waals surface area contributed by atoms with E-state index in [2.05, 4.69) is 15.1 Å². The summed E-state index contributed by atoms with van der Waals surface area (Å²) in [5, 5.41) is 4.34. The molecule has 0 saturated heterocycles. The zero-order valence-electron chi connectivity index (χ0n) is 14.5. The van der Waals surface area contributed by atoms with Crippen LogP contribution in [0.2, 0.25) is 0 Å². The fourth-order valence-electron chi connectivity index (χ4n) is 2.81. The number of nitrogens with zero attached hydrogens (tertiary/aromatic N) is 4. The van der Waals surface area contributed by atoms with Gasteiger partial charge in [0.15, 0.2) is 17.3 Å². The van der Waals surface area contributed by atoms with Gasteiger partial charge in [-0.2, -0.15) is 5.10 Å². The quantitative estimate of drug-likeness (QED) is 0.549. The van der Waals surface area contributed by atoms with E-state index in [1.807, 2.05) is 6.07 Å². The van der Waals surface area contributed by atoms with E-state index in [0.717, 1.165) is 11.8 Å². The Labute approximate surface area is 153 Å². The highest BCUT2D eigenvalue weighted by atomic mass is 19.1. The molecule has 0 aliphatic carbocycles. The van der Waals surface area contributed by atoms with Crippen LogP contribution < -0.4 is 9.47 Å². The van der Waals surface area contributed by atoms with Crippen molar-refractivity contribution in [2.75, 3.05) is 14.2 Å². The molecule has 4 rings (SSSR count). The van der Waals surface area contributed by atoms with Gasteiger partial charge < -0.3 is 9.47 Å². The average Bonchev–Trinajstić information content (AvgIpc) is 3.09. The molecule has 2 aromatic heterocycles. The topological polar surface area (TPSA) is 62.1 Å². The van der Waals surface area contributed by atoms with Gasteiger partial charge >= 0.3 is 0 Å². The molecule has 0 radical (unpaired) electrons. The first-order chi connectivity index (χ1) is 13.1. The van der Waals surface area contributed by atoms with Crippen LogP contribution in [0.25, 0.3) is 28.1 Å². The molecule has 136 valence electrons. The van der Waals surface area contributed by atoms with Gasteiger partial charge in [0.05, 0.1) is 32.3 Å². The van der Waals surface area contributed by atoms with Crippen molar-refractivity contribution in [3.05, 3.63) is 60.4 Å². The second-order valence-corrected chi connectivity index (χ2v) is 5.72. The van der Waals surface area contributed by atoms with E-state index in [9.17, 15) is 8.78 Å². The summed E-state index contributed by atoms with van der Waals surface area (Å²) >= 11 is 0. The third-order valence-corrected chi connectivity index (χ3v) is 4.05. The highest BCUT2D eigenvalue weighted by molar-refractivity contribution is 5.77. The molecule has 0 aliphatic heterocycles. The Kier molecular flexibility index (Phi) is 4.15. The van der Waals surface area contributed by atoms with Gasteiger partial charge in [0.2, 0.25) is 0 Å². The monoisotopic (exact) mass is 368 g/mol. The van der Waals surface area contributed by atoms with Gasteiger partial charge in [-0.1, -0.05) is 0 Å². The third-order valence-electron chi connectivity index (χ3n) is 4.05. The molecule has 2 aromatic carbocycles. The van der Waals surface area contributed by atoms with Crippen LogP contribution in [0, 0.1) is 11.6 Å². The molecule has 0 unspecified atom stereocenters. The Hall–Kier alpha value is -3.55. The van der Waals surface area contributed by atoms with Crippen molar-refractivity contribution in [1.82, 2.24) is 19.7 Å². The first-order valence-corrected chi connectivity index (χ1v) is 7.98. The SMILES string of the molecule is COc1ccc(-n2ncc3nc(-c4cc(F)cc(F)c4)ncc32)cc1OC. The van der Waals surface area contributed by atoms with Crippen molar-refractivity contribution in [3.8, 4) is 28.6 Å². The predicted molar refractivity (Wildman–Crippen MR) is 95.1 cm³/mol. The van der Waals surface area contributed by atoms with Crippen LogP contribution in [0.1, 0.15) is 0 Å². The molecule has 0 aliphatic rings. The van der Waals surface area contributed by atoms with E-state index >= 15 is 0 Å². The summed E-state index contributed by atoms with van der Waals surface area (Å²) in [6, 6.07) is 8.54. The molecule has 0 bridgehead atoms. The lowest BCUT2D eigenvalue weighted by molar-refractivity contribution is 0.355. The molecule has 6 nitrogen and oxygen atoms in total. The van der Waals surface area contributed by atoms with Gasteiger partial charge in [-0.3, -0.25) is 0 Å². The Bertz CT molecular complexity index is 1120. The van der Waals surface area contributed by atoms with Gasteiger partial charge in [-0.05, 0) is 24.3 Å². The molecule has 27 heavy (non-hydrogen) atoms. The number of benzene rings is 2. The molecule has 0 atom stereocenters. The van der Waals surface area contributed by atoms with Crippen molar-refractivity contribution < 1.29 is 18.3 Å². The zero-order valence-corrected chi connectivity index (χ0v) is 14.5. The fourth-order valence-corrected chi connectivity index (χ4v) is 2.81. The molecule has 8 heteroatoms. The van der Waals surface area contributed by atoms with Crippen LogP contribution >= 0.6 is 0 Å². The summed E-state index contributed by atoms with van der Waals surface area (Å²) in [6.45, 7) is 0. The van der Waals surface area contributed by atoms with E-state index in [4.69, 9.17) is 9.47 Å². The van der Waals surface area contributed by atoms with E-state index in [1.165, 1.54) is 12.1 Å². The second-order valence-electron chi connectivity index (χ2n) is 5.72. The molecule has 0 spiro atoms. The van der Waals surface area contributed by atoms with Gasteiger partial charge in [0.1, 0.15) is 22.7 Å². The summed E-state index contributed by atoms with van der Waals surface area (Å²) < 4.78 is 39.1. The maximum atomic E-state index is 13.5. The molecular formula is C19H14F2N4O2. The molecule has 4 aromatic rings. The van der Waals surface area contributed by atoms with Crippen molar-refractivity contribution in [1.29, 1.82) is 0 Å². The smallest absolute Gasteiger partial charge is 0.162 e. The fraction of sp³-hybridized carbons (Fsp3) is 0.105. The summed E-state index contributed by atoms with van der Waals surface area (Å²) in [5.74, 6) is 0.00741. The van der Waals surface area contributed by atoms with Crippen LogP contribution in [0.3, 0.4) is 0 Å². The summed E-state index contributed by atoms with van der Waals surface area (Å²) in [6.07, 6.45) is 3.12. The number of methoxy groups -OCH3 is 2. The van der Waals surface area contributed by atoms with Crippen LogP contribution in [0.15, 0.2) is 48.8 Å². The average molecular weight is 368 g/mol. The normalized spacial score (nSPS) is 11.0. The Morgan fingerprint density at radius 1 is 0.889 bits per heavy atom. The minimum Gasteiger partial charge on any atom is -0.493 e. The van der Waals surface area contributed by atoms with Gasteiger partial charge in [0, 0.05) is 17.7 Å². The zero-order chi connectivity index (χ0) is 19.0. The molecular weight excluding hydrogens is 354 g/mol. The minimum atomic E-state index is -0.685. The number of aromatic nitrogens is 4. The van der Waals surface area contributed by atoms with Crippen molar-refractivity contribution in [2.45, 2.75) is 0 Å². The summed E-state index contributed by atoms with van der Waals surface area (Å²) in [4.78, 5) is 8.60. The van der Waals surface area contributed by atoms with Gasteiger partial charge in [-0.25, -0.2) is 23.4 Å². The van der Waals surface area contributed by atoms with Crippen molar-refractivity contribution in [3.63, 3.8) is 0 Å². The van der Waals surface area contributed by atoms with E-state index in [0.29, 0.717) is 22.5 Å². The standard InChI is InChI=1S/C19H14F2N4O2/c1-26-17-4-3-14(8-18(17)27-2)25-16-10-22-19(24-15(16)9-23-25)11-5-12(20)7-13(21)6-11/h3-10H,1-2H3. The maximum absolute atomic E-state index is 13.5. The predicted octanol–water partition coefficient (Wildman–Crippen LogP) is 3.78. The van der Waals surface area contributed by atoms with Crippen LogP contribution in [0.5, 0.6) is 11.5 Å². The lowest BCUT2D eigenvalue weighted by Crippen LogP contribution is -1.99. The van der Waals surface area contributed by atoms with Gasteiger partial charge in [-0.15, -0.1) is 0 Å². The Morgan fingerprint density at radius 2 is 1.63 bits per heavy atom. The first kappa shape index (κ1) is 16.9. The summed E-state index contributed by atoms with van der Waals surface area (Å²) in [7, 11) is 3.11. The van der Waals surface area contributed by atoms with Crippen LogP contribution in [-0.4, -0.2) is 34.0 Å². The third kappa shape index (κ3) is 3.05. The molecule has 2 heterocycles.